The number of hydrogen-bond acceptors (Lipinski definition) is 3. The molecule has 0 aromatic carbocycles. The lowest BCUT2D eigenvalue weighted by Gasteiger charge is -2.42. The number of urea groups is 1. The van der Waals surface area contributed by atoms with E-state index in [9.17, 15) is 9.59 Å². The van der Waals surface area contributed by atoms with Crippen LogP contribution in [0.3, 0.4) is 0 Å². The summed E-state index contributed by atoms with van der Waals surface area (Å²) in [5.74, 6) is -0.802. The Morgan fingerprint density at radius 3 is 2.60 bits per heavy atom. The second-order valence-corrected chi connectivity index (χ2v) is 5.23. The number of carboxylic acid groups (broad SMARTS) is 1. The Morgan fingerprint density at radius 1 is 1.45 bits per heavy atom. The van der Waals surface area contributed by atoms with Gasteiger partial charge in [-0.15, -0.1) is 6.58 Å². The van der Waals surface area contributed by atoms with Gasteiger partial charge in [0.05, 0.1) is 6.54 Å². The predicted molar refractivity (Wildman–Crippen MR) is 77.7 cm³/mol. The average Bonchev–Trinajstić information content (AvgIpc) is 2.36. The normalized spacial score (nSPS) is 21.1. The van der Waals surface area contributed by atoms with Crippen molar-refractivity contribution < 1.29 is 14.7 Å². The van der Waals surface area contributed by atoms with Crippen molar-refractivity contribution in [2.24, 2.45) is 0 Å². The van der Waals surface area contributed by atoms with Crippen molar-refractivity contribution in [1.82, 2.24) is 15.1 Å². The van der Waals surface area contributed by atoms with Crippen LogP contribution in [0.2, 0.25) is 0 Å². The quantitative estimate of drug-likeness (QED) is 0.655. The third kappa shape index (κ3) is 4.85. The first kappa shape index (κ1) is 16.5. The van der Waals surface area contributed by atoms with E-state index in [0.717, 1.165) is 25.8 Å². The predicted octanol–water partition coefficient (Wildman–Crippen LogP) is 1.14. The highest BCUT2D eigenvalue weighted by atomic mass is 16.4. The van der Waals surface area contributed by atoms with Crippen LogP contribution in [0.15, 0.2) is 12.7 Å². The van der Waals surface area contributed by atoms with E-state index in [0.29, 0.717) is 6.54 Å². The van der Waals surface area contributed by atoms with Gasteiger partial charge in [0.2, 0.25) is 0 Å². The van der Waals surface area contributed by atoms with Crippen LogP contribution in [0.5, 0.6) is 0 Å². The van der Waals surface area contributed by atoms with E-state index in [-0.39, 0.29) is 24.7 Å². The van der Waals surface area contributed by atoms with Crippen LogP contribution in [0.25, 0.3) is 0 Å². The number of nitrogens with zero attached hydrogens (tertiary/aromatic N) is 2. The summed E-state index contributed by atoms with van der Waals surface area (Å²) < 4.78 is 0. The van der Waals surface area contributed by atoms with Crippen LogP contribution in [-0.4, -0.2) is 65.7 Å². The van der Waals surface area contributed by atoms with Gasteiger partial charge in [-0.05, 0) is 25.8 Å². The number of aliphatic carboxylic acids is 1. The van der Waals surface area contributed by atoms with Crippen LogP contribution in [0.4, 0.5) is 4.79 Å². The standard InChI is InChI=1S/C14H25N3O3/c1-4-6-7-16(3)14(20)15-11-8-12(9-11)17(5-2)10-13(18)19/h4,11-12H,1,5-10H2,2-3H3,(H,15,20)(H,18,19). The molecule has 1 aliphatic rings. The molecule has 0 aliphatic heterocycles. The molecule has 0 saturated heterocycles. The van der Waals surface area contributed by atoms with Gasteiger partial charge in [-0.25, -0.2) is 4.79 Å². The number of amides is 2. The zero-order valence-electron chi connectivity index (χ0n) is 12.3. The molecule has 20 heavy (non-hydrogen) atoms. The Labute approximate surface area is 120 Å². The van der Waals surface area contributed by atoms with Crippen molar-refractivity contribution >= 4 is 12.0 Å². The summed E-state index contributed by atoms with van der Waals surface area (Å²) in [5.41, 5.74) is 0. The highest BCUT2D eigenvalue weighted by Gasteiger charge is 2.34. The number of carbonyl (C=O) groups is 2. The van der Waals surface area contributed by atoms with E-state index in [1.54, 1.807) is 18.0 Å². The van der Waals surface area contributed by atoms with Crippen molar-refractivity contribution in [3.63, 3.8) is 0 Å². The molecule has 1 fully saturated rings. The lowest BCUT2D eigenvalue weighted by molar-refractivity contribution is -0.139. The first-order chi connectivity index (χ1) is 9.47. The number of hydrogen-bond donors (Lipinski definition) is 2. The Hall–Kier alpha value is -1.56. The summed E-state index contributed by atoms with van der Waals surface area (Å²) in [7, 11) is 1.76. The molecule has 6 heteroatoms. The highest BCUT2D eigenvalue weighted by molar-refractivity contribution is 5.74. The molecule has 0 aromatic heterocycles. The summed E-state index contributed by atoms with van der Waals surface area (Å²) >= 11 is 0. The molecule has 0 aromatic rings. The Kier molecular flexibility index (Phi) is 6.51. The van der Waals surface area contributed by atoms with Gasteiger partial charge in [-0.1, -0.05) is 13.0 Å². The van der Waals surface area contributed by atoms with Gasteiger partial charge >= 0.3 is 12.0 Å². The monoisotopic (exact) mass is 283 g/mol. The summed E-state index contributed by atoms with van der Waals surface area (Å²) in [6.07, 6.45) is 4.21. The molecule has 0 bridgehead atoms. The van der Waals surface area contributed by atoms with Crippen molar-refractivity contribution in [3.8, 4) is 0 Å². The fourth-order valence-electron chi connectivity index (χ4n) is 2.35. The van der Waals surface area contributed by atoms with Gasteiger partial charge in [0.15, 0.2) is 0 Å². The van der Waals surface area contributed by atoms with Gasteiger partial charge < -0.3 is 15.3 Å². The molecule has 6 nitrogen and oxygen atoms in total. The van der Waals surface area contributed by atoms with Crippen molar-refractivity contribution in [1.29, 1.82) is 0 Å². The second-order valence-electron chi connectivity index (χ2n) is 5.23. The van der Waals surface area contributed by atoms with E-state index in [1.807, 2.05) is 11.8 Å². The summed E-state index contributed by atoms with van der Waals surface area (Å²) in [6.45, 7) is 7.03. The summed E-state index contributed by atoms with van der Waals surface area (Å²) in [5, 5.41) is 11.8. The molecule has 2 N–H and O–H groups in total. The largest absolute Gasteiger partial charge is 0.480 e. The summed E-state index contributed by atoms with van der Waals surface area (Å²) in [6, 6.07) is 0.345. The third-order valence-electron chi connectivity index (χ3n) is 3.72. The topological polar surface area (TPSA) is 72.9 Å². The van der Waals surface area contributed by atoms with Gasteiger partial charge in [-0.2, -0.15) is 0 Å². The third-order valence-corrected chi connectivity index (χ3v) is 3.72. The SMILES string of the molecule is C=CCCN(C)C(=O)NC1CC(N(CC)CC(=O)O)C1. The average molecular weight is 283 g/mol. The highest BCUT2D eigenvalue weighted by Crippen LogP contribution is 2.25. The van der Waals surface area contributed by atoms with Crippen molar-refractivity contribution in [2.45, 2.75) is 38.3 Å². The van der Waals surface area contributed by atoms with Gasteiger partial charge in [0.25, 0.3) is 0 Å². The van der Waals surface area contributed by atoms with E-state index < -0.39 is 5.97 Å². The molecule has 2 amide bonds. The molecule has 0 heterocycles. The number of rotatable bonds is 8. The molecular formula is C14H25N3O3. The van der Waals surface area contributed by atoms with Crippen LogP contribution in [-0.2, 0) is 4.79 Å². The van der Waals surface area contributed by atoms with Gasteiger partial charge in [0.1, 0.15) is 0 Å². The number of carbonyl (C=O) groups excluding carboxylic acids is 1. The zero-order valence-corrected chi connectivity index (χ0v) is 12.3. The van der Waals surface area contributed by atoms with E-state index in [4.69, 9.17) is 5.11 Å². The minimum atomic E-state index is -0.802. The Morgan fingerprint density at radius 2 is 2.10 bits per heavy atom. The molecule has 1 saturated carbocycles. The van der Waals surface area contributed by atoms with E-state index in [1.165, 1.54) is 0 Å². The van der Waals surface area contributed by atoms with Gasteiger partial charge in [0, 0.05) is 25.7 Å². The maximum atomic E-state index is 11.8. The van der Waals surface area contributed by atoms with Crippen molar-refractivity contribution in [3.05, 3.63) is 12.7 Å². The molecule has 0 unspecified atom stereocenters. The number of likely N-dealkylation sites (N-methyl/N-ethyl adjacent to an activating group) is 1. The van der Waals surface area contributed by atoms with Crippen LogP contribution < -0.4 is 5.32 Å². The Bertz CT molecular complexity index is 354. The molecule has 0 radical (unpaired) electrons. The Balaban J connectivity index is 2.28. The first-order valence-electron chi connectivity index (χ1n) is 7.06. The lowest BCUT2D eigenvalue weighted by atomic mass is 9.85. The smallest absolute Gasteiger partial charge is 0.317 e. The molecule has 1 rings (SSSR count). The van der Waals surface area contributed by atoms with Crippen LogP contribution in [0.1, 0.15) is 26.2 Å². The lowest BCUT2D eigenvalue weighted by Crippen LogP contribution is -2.56. The fraction of sp³-hybridized carbons (Fsp3) is 0.714. The minimum Gasteiger partial charge on any atom is -0.480 e. The molecule has 114 valence electrons. The molecule has 0 spiro atoms. The molecule has 0 atom stereocenters. The first-order valence-corrected chi connectivity index (χ1v) is 7.06. The van der Waals surface area contributed by atoms with Crippen molar-refractivity contribution in [2.75, 3.05) is 26.7 Å². The second kappa shape index (κ2) is 7.89. The minimum absolute atomic E-state index is 0.0705. The van der Waals surface area contributed by atoms with E-state index in [2.05, 4.69) is 11.9 Å². The zero-order chi connectivity index (χ0) is 15.1. The number of nitrogens with one attached hydrogen (secondary N) is 1. The van der Waals surface area contributed by atoms with Gasteiger partial charge in [-0.3, -0.25) is 9.69 Å². The maximum Gasteiger partial charge on any atom is 0.317 e. The van der Waals surface area contributed by atoms with Crippen LogP contribution >= 0.6 is 0 Å². The maximum absolute atomic E-state index is 11.8. The summed E-state index contributed by atoms with van der Waals surface area (Å²) in [4.78, 5) is 26.2. The molecular weight excluding hydrogens is 258 g/mol. The molecule has 1 aliphatic carbocycles. The fourth-order valence-corrected chi connectivity index (χ4v) is 2.35. The van der Waals surface area contributed by atoms with E-state index >= 15 is 0 Å². The number of carboxylic acids is 1. The van der Waals surface area contributed by atoms with Crippen LogP contribution in [0, 0.1) is 0 Å².